The van der Waals surface area contributed by atoms with Crippen LogP contribution >= 0.6 is 0 Å². The Kier molecular flexibility index (Phi) is 5.81. The first-order chi connectivity index (χ1) is 9.60. The molecule has 5 heteroatoms. The van der Waals surface area contributed by atoms with Gasteiger partial charge in [-0.3, -0.25) is 9.69 Å². The fourth-order valence-corrected chi connectivity index (χ4v) is 3.36. The molecule has 5 nitrogen and oxygen atoms in total. The van der Waals surface area contributed by atoms with Crippen LogP contribution in [0.1, 0.15) is 33.1 Å². The van der Waals surface area contributed by atoms with Crippen LogP contribution in [0.4, 0.5) is 0 Å². The number of carbonyl (C=O) groups excluding carboxylic acids is 1. The Hall–Kier alpha value is -0.650. The third-order valence-corrected chi connectivity index (χ3v) is 4.72. The van der Waals surface area contributed by atoms with E-state index in [2.05, 4.69) is 24.1 Å². The molecule has 0 spiro atoms. The summed E-state index contributed by atoms with van der Waals surface area (Å²) in [5.74, 6) is 0.695. The lowest BCUT2D eigenvalue weighted by Gasteiger charge is -2.34. The van der Waals surface area contributed by atoms with Crippen molar-refractivity contribution in [3.05, 3.63) is 0 Å². The smallest absolute Gasteiger partial charge is 0.223 e. The highest BCUT2D eigenvalue weighted by molar-refractivity contribution is 5.79. The van der Waals surface area contributed by atoms with Gasteiger partial charge in [0.2, 0.25) is 5.91 Å². The van der Waals surface area contributed by atoms with E-state index in [0.29, 0.717) is 12.5 Å². The van der Waals surface area contributed by atoms with Crippen molar-refractivity contribution in [3.8, 4) is 0 Å². The van der Waals surface area contributed by atoms with Crippen LogP contribution in [0.5, 0.6) is 0 Å². The summed E-state index contributed by atoms with van der Waals surface area (Å²) in [5.41, 5.74) is 5.95. The van der Waals surface area contributed by atoms with Crippen LogP contribution < -0.4 is 11.1 Å². The van der Waals surface area contributed by atoms with Crippen molar-refractivity contribution in [2.45, 2.75) is 45.3 Å². The molecule has 116 valence electrons. The Morgan fingerprint density at radius 1 is 1.45 bits per heavy atom. The SMILES string of the molecule is CCN1CCOC(CNC(=O)C2CCC(N)CC2C)C1. The molecule has 1 saturated heterocycles. The molecule has 2 aliphatic rings. The van der Waals surface area contributed by atoms with Gasteiger partial charge in [0.1, 0.15) is 0 Å². The summed E-state index contributed by atoms with van der Waals surface area (Å²) in [4.78, 5) is 14.7. The van der Waals surface area contributed by atoms with Gasteiger partial charge in [-0.1, -0.05) is 13.8 Å². The van der Waals surface area contributed by atoms with Gasteiger partial charge < -0.3 is 15.8 Å². The first kappa shape index (κ1) is 15.7. The number of hydrogen-bond acceptors (Lipinski definition) is 4. The Morgan fingerprint density at radius 2 is 2.25 bits per heavy atom. The first-order valence-corrected chi connectivity index (χ1v) is 7.97. The van der Waals surface area contributed by atoms with Crippen molar-refractivity contribution >= 4 is 5.91 Å². The fourth-order valence-electron chi connectivity index (χ4n) is 3.36. The number of amides is 1. The number of carbonyl (C=O) groups is 1. The zero-order valence-electron chi connectivity index (χ0n) is 12.8. The Bertz CT molecular complexity index is 324. The molecule has 0 aromatic carbocycles. The number of hydrogen-bond donors (Lipinski definition) is 2. The van der Waals surface area contributed by atoms with Crippen molar-refractivity contribution in [1.29, 1.82) is 0 Å². The molecule has 2 rings (SSSR count). The standard InChI is InChI=1S/C15H29N3O2/c1-3-18-6-7-20-13(10-18)9-17-15(19)14-5-4-12(16)8-11(14)2/h11-14H,3-10,16H2,1-2H3,(H,17,19). The topological polar surface area (TPSA) is 67.6 Å². The first-order valence-electron chi connectivity index (χ1n) is 7.97. The van der Waals surface area contributed by atoms with Gasteiger partial charge in [-0.15, -0.1) is 0 Å². The lowest BCUT2D eigenvalue weighted by molar-refractivity contribution is -0.128. The van der Waals surface area contributed by atoms with Crippen molar-refractivity contribution < 1.29 is 9.53 Å². The normalized spacial score (nSPS) is 35.8. The van der Waals surface area contributed by atoms with Crippen LogP contribution in [0.3, 0.4) is 0 Å². The van der Waals surface area contributed by atoms with Crippen molar-refractivity contribution in [2.75, 3.05) is 32.8 Å². The summed E-state index contributed by atoms with van der Waals surface area (Å²) < 4.78 is 5.72. The van der Waals surface area contributed by atoms with E-state index in [1.807, 2.05) is 0 Å². The van der Waals surface area contributed by atoms with Gasteiger partial charge >= 0.3 is 0 Å². The molecule has 4 unspecified atom stereocenters. The van der Waals surface area contributed by atoms with Crippen LogP contribution in [0, 0.1) is 11.8 Å². The zero-order valence-corrected chi connectivity index (χ0v) is 12.8. The molecular formula is C15H29N3O2. The van der Waals surface area contributed by atoms with E-state index in [-0.39, 0.29) is 24.0 Å². The van der Waals surface area contributed by atoms with Gasteiger partial charge in [0.05, 0.1) is 12.7 Å². The Balaban J connectivity index is 1.74. The van der Waals surface area contributed by atoms with Crippen LogP contribution in [0.2, 0.25) is 0 Å². The van der Waals surface area contributed by atoms with Crippen LogP contribution in [0.15, 0.2) is 0 Å². The van der Waals surface area contributed by atoms with Crippen molar-refractivity contribution in [1.82, 2.24) is 10.2 Å². The van der Waals surface area contributed by atoms with Gasteiger partial charge in [0.15, 0.2) is 0 Å². The van der Waals surface area contributed by atoms with E-state index < -0.39 is 0 Å². The lowest BCUT2D eigenvalue weighted by Crippen LogP contribution is -2.49. The van der Waals surface area contributed by atoms with E-state index >= 15 is 0 Å². The fraction of sp³-hybridized carbons (Fsp3) is 0.933. The van der Waals surface area contributed by atoms with E-state index in [1.165, 1.54) is 0 Å². The summed E-state index contributed by atoms with van der Waals surface area (Å²) in [6, 6.07) is 0.272. The molecule has 0 bridgehead atoms. The summed E-state index contributed by atoms with van der Waals surface area (Å²) >= 11 is 0. The predicted octanol–water partition coefficient (Wildman–Crippen LogP) is 0.587. The molecule has 20 heavy (non-hydrogen) atoms. The minimum Gasteiger partial charge on any atom is -0.374 e. The minimum atomic E-state index is 0.126. The highest BCUT2D eigenvalue weighted by Gasteiger charge is 2.31. The third-order valence-electron chi connectivity index (χ3n) is 4.72. The summed E-state index contributed by atoms with van der Waals surface area (Å²) in [7, 11) is 0. The second kappa shape index (κ2) is 7.38. The highest BCUT2D eigenvalue weighted by Crippen LogP contribution is 2.29. The Morgan fingerprint density at radius 3 is 2.95 bits per heavy atom. The average molecular weight is 283 g/mol. The molecule has 0 aromatic rings. The van der Waals surface area contributed by atoms with E-state index in [0.717, 1.165) is 45.5 Å². The molecule has 3 N–H and O–H groups in total. The van der Waals surface area contributed by atoms with E-state index in [4.69, 9.17) is 10.5 Å². The molecule has 0 radical (unpaired) electrons. The average Bonchev–Trinajstić information content (AvgIpc) is 2.45. The van der Waals surface area contributed by atoms with E-state index in [9.17, 15) is 4.79 Å². The van der Waals surface area contributed by atoms with Gasteiger partial charge in [-0.2, -0.15) is 0 Å². The third kappa shape index (κ3) is 4.17. The van der Waals surface area contributed by atoms with Gasteiger partial charge in [-0.05, 0) is 31.7 Å². The molecule has 1 aliphatic heterocycles. The molecule has 1 heterocycles. The Labute approximate surface area is 122 Å². The number of nitrogens with zero attached hydrogens (tertiary/aromatic N) is 1. The number of morpholine rings is 1. The highest BCUT2D eigenvalue weighted by atomic mass is 16.5. The number of likely N-dealkylation sites (N-methyl/N-ethyl adjacent to an activating group) is 1. The zero-order chi connectivity index (χ0) is 14.5. The van der Waals surface area contributed by atoms with Crippen molar-refractivity contribution in [2.24, 2.45) is 17.6 Å². The number of nitrogens with two attached hydrogens (primary N) is 1. The molecular weight excluding hydrogens is 254 g/mol. The van der Waals surface area contributed by atoms with E-state index in [1.54, 1.807) is 0 Å². The number of nitrogens with one attached hydrogen (secondary N) is 1. The number of ether oxygens (including phenoxy) is 1. The van der Waals surface area contributed by atoms with Gasteiger partial charge in [0.25, 0.3) is 0 Å². The quantitative estimate of drug-likeness (QED) is 0.792. The second-order valence-electron chi connectivity index (χ2n) is 6.29. The summed E-state index contributed by atoms with van der Waals surface area (Å²) in [6.07, 6.45) is 2.97. The predicted molar refractivity (Wildman–Crippen MR) is 79.3 cm³/mol. The lowest BCUT2D eigenvalue weighted by atomic mass is 9.78. The maximum atomic E-state index is 12.3. The molecule has 0 aromatic heterocycles. The molecule has 4 atom stereocenters. The maximum Gasteiger partial charge on any atom is 0.223 e. The molecule has 1 aliphatic carbocycles. The molecule has 2 fully saturated rings. The van der Waals surface area contributed by atoms with Crippen LogP contribution in [0.25, 0.3) is 0 Å². The van der Waals surface area contributed by atoms with Crippen LogP contribution in [-0.2, 0) is 9.53 Å². The second-order valence-corrected chi connectivity index (χ2v) is 6.29. The monoisotopic (exact) mass is 283 g/mol. The minimum absolute atomic E-state index is 0.126. The number of rotatable bonds is 4. The van der Waals surface area contributed by atoms with Crippen molar-refractivity contribution in [3.63, 3.8) is 0 Å². The maximum absolute atomic E-state index is 12.3. The summed E-state index contributed by atoms with van der Waals surface area (Å²) in [6.45, 7) is 8.66. The van der Waals surface area contributed by atoms with Crippen LogP contribution in [-0.4, -0.2) is 55.7 Å². The largest absolute Gasteiger partial charge is 0.374 e. The summed E-state index contributed by atoms with van der Waals surface area (Å²) in [5, 5.41) is 3.08. The van der Waals surface area contributed by atoms with Gasteiger partial charge in [0, 0.05) is 31.6 Å². The molecule has 1 amide bonds. The molecule has 1 saturated carbocycles. The van der Waals surface area contributed by atoms with Gasteiger partial charge in [-0.25, -0.2) is 0 Å².